The van der Waals surface area contributed by atoms with Crippen LogP contribution in [0.2, 0.25) is 0 Å². The number of benzene rings is 1. The van der Waals surface area contributed by atoms with Gasteiger partial charge in [-0.3, -0.25) is 10.7 Å². The van der Waals surface area contributed by atoms with Crippen LogP contribution in [0.4, 0.5) is 5.69 Å². The largest absolute Gasteiger partial charge is 0.323 e. The van der Waals surface area contributed by atoms with E-state index in [4.69, 9.17) is 5.84 Å². The smallest absolute Gasteiger partial charge is 0.245 e. The van der Waals surface area contributed by atoms with Gasteiger partial charge in [-0.2, -0.15) is 4.31 Å². The van der Waals surface area contributed by atoms with Crippen molar-refractivity contribution in [3.63, 3.8) is 0 Å². The third-order valence-electron chi connectivity index (χ3n) is 3.66. The molecule has 0 aliphatic carbocycles. The van der Waals surface area contributed by atoms with Gasteiger partial charge in [-0.15, -0.1) is 0 Å². The lowest BCUT2D eigenvalue weighted by molar-refractivity contribution is 0.154. The van der Waals surface area contributed by atoms with Crippen molar-refractivity contribution >= 4 is 15.7 Å². The summed E-state index contributed by atoms with van der Waals surface area (Å²) in [6.07, 6.45) is 0. The van der Waals surface area contributed by atoms with Crippen LogP contribution in [-0.2, 0) is 10.0 Å². The maximum absolute atomic E-state index is 12.7. The molecule has 20 heavy (non-hydrogen) atoms. The summed E-state index contributed by atoms with van der Waals surface area (Å²) in [5.41, 5.74) is 2.88. The molecule has 1 aliphatic heterocycles. The van der Waals surface area contributed by atoms with E-state index in [1.165, 1.54) is 4.31 Å². The summed E-state index contributed by atoms with van der Waals surface area (Å²) in [5, 5.41) is 0. The van der Waals surface area contributed by atoms with Gasteiger partial charge in [0.25, 0.3) is 0 Å². The number of nitrogen functional groups attached to an aromatic ring is 1. The molecule has 0 amide bonds. The van der Waals surface area contributed by atoms with Gasteiger partial charge in [-0.05, 0) is 26.0 Å². The van der Waals surface area contributed by atoms with Crippen LogP contribution in [0.3, 0.4) is 0 Å². The van der Waals surface area contributed by atoms with E-state index in [-0.39, 0.29) is 4.90 Å². The highest BCUT2D eigenvalue weighted by atomic mass is 32.2. The summed E-state index contributed by atoms with van der Waals surface area (Å²) in [7, 11) is -3.49. The average Bonchev–Trinajstić information content (AvgIpc) is 2.47. The van der Waals surface area contributed by atoms with Gasteiger partial charge < -0.3 is 5.43 Å². The van der Waals surface area contributed by atoms with Crippen LogP contribution >= 0.6 is 0 Å². The SMILES string of the molecule is CC(C)N1CCN(S(=O)(=O)c2ccccc2NN)CC1. The number of nitrogens with one attached hydrogen (secondary N) is 1. The predicted octanol–water partition coefficient (Wildman–Crippen LogP) is 0.687. The standard InChI is InChI=1S/C13H22N4O2S/c1-11(2)16-7-9-17(10-8-16)20(18,19)13-6-4-3-5-12(13)15-14/h3-6,11,15H,7-10,14H2,1-2H3. The lowest BCUT2D eigenvalue weighted by atomic mass is 10.3. The number of para-hydroxylation sites is 1. The highest BCUT2D eigenvalue weighted by Crippen LogP contribution is 2.24. The van der Waals surface area contributed by atoms with Crippen molar-refractivity contribution in [2.24, 2.45) is 5.84 Å². The van der Waals surface area contributed by atoms with Gasteiger partial charge in [0.15, 0.2) is 0 Å². The Morgan fingerprint density at radius 1 is 1.15 bits per heavy atom. The molecule has 1 aromatic carbocycles. The Labute approximate surface area is 120 Å². The van der Waals surface area contributed by atoms with E-state index in [1.807, 2.05) is 0 Å². The Hall–Kier alpha value is -1.15. The van der Waals surface area contributed by atoms with Gasteiger partial charge in [0, 0.05) is 32.2 Å². The molecule has 2 rings (SSSR count). The third-order valence-corrected chi connectivity index (χ3v) is 5.62. The molecule has 0 saturated carbocycles. The summed E-state index contributed by atoms with van der Waals surface area (Å²) in [4.78, 5) is 2.51. The van der Waals surface area contributed by atoms with Gasteiger partial charge >= 0.3 is 0 Å². The predicted molar refractivity (Wildman–Crippen MR) is 79.7 cm³/mol. The molecule has 0 bridgehead atoms. The summed E-state index contributed by atoms with van der Waals surface area (Å²) in [6.45, 7) is 6.79. The number of nitrogens with zero attached hydrogens (tertiary/aromatic N) is 2. The van der Waals surface area contributed by atoms with Crippen LogP contribution in [0.1, 0.15) is 13.8 Å². The van der Waals surface area contributed by atoms with Crippen LogP contribution in [0.15, 0.2) is 29.2 Å². The number of piperazine rings is 1. The van der Waals surface area contributed by atoms with E-state index >= 15 is 0 Å². The van der Waals surface area contributed by atoms with Crippen LogP contribution < -0.4 is 11.3 Å². The molecular weight excluding hydrogens is 276 g/mol. The first kappa shape index (κ1) is 15.2. The Kier molecular flexibility index (Phi) is 4.64. The first-order valence-corrected chi connectivity index (χ1v) is 8.20. The average molecular weight is 298 g/mol. The number of anilines is 1. The normalized spacial score (nSPS) is 18.4. The quantitative estimate of drug-likeness (QED) is 0.631. The molecule has 0 unspecified atom stereocenters. The molecular formula is C13H22N4O2S. The first-order valence-electron chi connectivity index (χ1n) is 6.76. The van der Waals surface area contributed by atoms with Crippen molar-refractivity contribution in [2.45, 2.75) is 24.8 Å². The van der Waals surface area contributed by atoms with Crippen molar-refractivity contribution < 1.29 is 8.42 Å². The number of sulfonamides is 1. The zero-order valence-electron chi connectivity index (χ0n) is 11.9. The van der Waals surface area contributed by atoms with Crippen molar-refractivity contribution in [3.8, 4) is 0 Å². The molecule has 0 radical (unpaired) electrons. The zero-order chi connectivity index (χ0) is 14.8. The van der Waals surface area contributed by atoms with E-state index in [9.17, 15) is 8.42 Å². The van der Waals surface area contributed by atoms with E-state index < -0.39 is 10.0 Å². The summed E-state index contributed by atoms with van der Waals surface area (Å²) in [5.74, 6) is 5.40. The maximum Gasteiger partial charge on any atom is 0.245 e. The lowest BCUT2D eigenvalue weighted by Crippen LogP contribution is -2.50. The summed E-state index contributed by atoms with van der Waals surface area (Å²) in [6, 6.07) is 7.15. The second-order valence-electron chi connectivity index (χ2n) is 5.17. The zero-order valence-corrected chi connectivity index (χ0v) is 12.7. The molecule has 0 spiro atoms. The van der Waals surface area contributed by atoms with Gasteiger partial charge in [0.2, 0.25) is 10.0 Å². The molecule has 1 aliphatic rings. The molecule has 1 aromatic rings. The minimum Gasteiger partial charge on any atom is -0.323 e. The van der Waals surface area contributed by atoms with Gasteiger partial charge in [0.05, 0.1) is 5.69 Å². The second-order valence-corrected chi connectivity index (χ2v) is 7.08. The van der Waals surface area contributed by atoms with Crippen LogP contribution in [0.5, 0.6) is 0 Å². The molecule has 1 saturated heterocycles. The van der Waals surface area contributed by atoms with Crippen molar-refractivity contribution in [1.29, 1.82) is 0 Å². The minimum absolute atomic E-state index is 0.237. The van der Waals surface area contributed by atoms with Crippen LogP contribution in [-0.4, -0.2) is 49.8 Å². The van der Waals surface area contributed by atoms with Gasteiger partial charge in [-0.1, -0.05) is 12.1 Å². The van der Waals surface area contributed by atoms with Crippen molar-refractivity contribution in [1.82, 2.24) is 9.21 Å². The molecule has 7 heteroatoms. The summed E-state index contributed by atoms with van der Waals surface area (Å²) >= 11 is 0. The fraction of sp³-hybridized carbons (Fsp3) is 0.538. The van der Waals surface area contributed by atoms with Crippen molar-refractivity contribution in [3.05, 3.63) is 24.3 Å². The molecule has 1 fully saturated rings. The number of nitrogens with two attached hydrogens (primary N) is 1. The number of hydrogen-bond acceptors (Lipinski definition) is 5. The van der Waals surface area contributed by atoms with E-state index in [0.717, 1.165) is 13.1 Å². The van der Waals surface area contributed by atoms with E-state index in [1.54, 1.807) is 24.3 Å². The fourth-order valence-corrected chi connectivity index (χ4v) is 3.99. The van der Waals surface area contributed by atoms with Gasteiger partial charge in [0.1, 0.15) is 4.90 Å². The molecule has 0 aromatic heterocycles. The highest BCUT2D eigenvalue weighted by molar-refractivity contribution is 7.89. The van der Waals surface area contributed by atoms with Crippen LogP contribution in [0, 0.1) is 0 Å². The first-order chi connectivity index (χ1) is 9.46. The van der Waals surface area contributed by atoms with E-state index in [0.29, 0.717) is 24.8 Å². The number of hydrogen-bond donors (Lipinski definition) is 2. The second kappa shape index (κ2) is 6.09. The minimum atomic E-state index is -3.49. The van der Waals surface area contributed by atoms with E-state index in [2.05, 4.69) is 24.2 Å². The lowest BCUT2D eigenvalue weighted by Gasteiger charge is -2.36. The molecule has 112 valence electrons. The van der Waals surface area contributed by atoms with Crippen LogP contribution in [0.25, 0.3) is 0 Å². The monoisotopic (exact) mass is 298 g/mol. The third kappa shape index (κ3) is 2.95. The number of rotatable bonds is 4. The van der Waals surface area contributed by atoms with Crippen molar-refractivity contribution in [2.75, 3.05) is 31.6 Å². The Morgan fingerprint density at radius 3 is 2.30 bits per heavy atom. The Balaban J connectivity index is 2.20. The highest BCUT2D eigenvalue weighted by Gasteiger charge is 2.30. The Bertz CT molecular complexity index is 551. The topological polar surface area (TPSA) is 78.7 Å². The number of hydrazine groups is 1. The molecule has 1 heterocycles. The summed E-state index contributed by atoms with van der Waals surface area (Å²) < 4.78 is 26.8. The van der Waals surface area contributed by atoms with Gasteiger partial charge in [-0.25, -0.2) is 8.42 Å². The maximum atomic E-state index is 12.7. The molecule has 0 atom stereocenters. The molecule has 6 nitrogen and oxygen atoms in total. The Morgan fingerprint density at radius 2 is 1.75 bits per heavy atom. The molecule has 3 N–H and O–H groups in total. The fourth-order valence-electron chi connectivity index (χ4n) is 2.41.